The highest BCUT2D eigenvalue weighted by Gasteiger charge is 2.08. The molecular weight excluding hydrogens is 180 g/mol. The highest BCUT2D eigenvalue weighted by atomic mass is 16.3. The summed E-state index contributed by atoms with van der Waals surface area (Å²) in [5, 5.41) is 20.9. The Balaban J connectivity index is 3.64. The fourth-order valence-corrected chi connectivity index (χ4v) is 1.47. The Morgan fingerprint density at radius 1 is 1.21 bits per heavy atom. The van der Waals surface area contributed by atoms with Crippen molar-refractivity contribution in [2.45, 2.75) is 13.8 Å². The highest BCUT2D eigenvalue weighted by molar-refractivity contribution is 4.64. The smallest absolute Gasteiger partial charge is 0.0558 e. The van der Waals surface area contributed by atoms with E-state index in [1.54, 1.807) is 0 Å². The highest BCUT2D eigenvalue weighted by Crippen LogP contribution is 1.98. The molecule has 0 aliphatic rings. The molecule has 0 fully saturated rings. The van der Waals surface area contributed by atoms with Crippen LogP contribution in [-0.2, 0) is 0 Å². The lowest BCUT2D eigenvalue weighted by Gasteiger charge is -2.24. The molecule has 0 aliphatic heterocycles. The van der Waals surface area contributed by atoms with Gasteiger partial charge in [-0.15, -0.1) is 0 Å². The lowest BCUT2D eigenvalue weighted by Crippen LogP contribution is -2.36. The molecule has 0 aromatic carbocycles. The second-order valence-electron chi connectivity index (χ2n) is 3.66. The van der Waals surface area contributed by atoms with Crippen molar-refractivity contribution in [3.05, 3.63) is 0 Å². The molecule has 4 nitrogen and oxygen atoms in total. The summed E-state index contributed by atoms with van der Waals surface area (Å²) < 4.78 is 0. The first kappa shape index (κ1) is 13.8. The van der Waals surface area contributed by atoms with Crippen LogP contribution < -0.4 is 5.32 Å². The second-order valence-corrected chi connectivity index (χ2v) is 3.66. The lowest BCUT2D eigenvalue weighted by molar-refractivity contribution is 0.146. The minimum atomic E-state index is 0.161. The third kappa shape index (κ3) is 7.26. The number of hydrogen-bond acceptors (Lipinski definition) is 4. The van der Waals surface area contributed by atoms with Gasteiger partial charge in [-0.25, -0.2) is 0 Å². The zero-order chi connectivity index (χ0) is 10.8. The Kier molecular flexibility index (Phi) is 9.29. The molecule has 0 spiro atoms. The summed E-state index contributed by atoms with van der Waals surface area (Å²) in [7, 11) is 0. The first-order chi connectivity index (χ1) is 6.74. The van der Waals surface area contributed by atoms with Gasteiger partial charge in [0, 0.05) is 19.6 Å². The molecule has 0 saturated carbocycles. The van der Waals surface area contributed by atoms with E-state index in [4.69, 9.17) is 10.2 Å². The van der Waals surface area contributed by atoms with E-state index in [-0.39, 0.29) is 13.2 Å². The summed E-state index contributed by atoms with van der Waals surface area (Å²) in [6.07, 6.45) is 0. The molecule has 0 heterocycles. The van der Waals surface area contributed by atoms with Crippen LogP contribution in [-0.4, -0.2) is 61.1 Å². The number of rotatable bonds is 9. The Bertz CT molecular complexity index is 117. The van der Waals surface area contributed by atoms with Gasteiger partial charge in [0.2, 0.25) is 0 Å². The topological polar surface area (TPSA) is 55.7 Å². The molecule has 3 N–H and O–H groups in total. The summed E-state index contributed by atoms with van der Waals surface area (Å²) in [5.74, 6) is 0.549. The van der Waals surface area contributed by atoms with E-state index < -0.39 is 0 Å². The quantitative estimate of drug-likeness (QED) is 0.475. The molecule has 0 aliphatic carbocycles. The maximum atomic E-state index is 8.81. The van der Waals surface area contributed by atoms with Crippen LogP contribution in [0.2, 0.25) is 0 Å². The molecule has 14 heavy (non-hydrogen) atoms. The number of aliphatic hydroxyl groups is 2. The molecule has 0 saturated heterocycles. The molecule has 0 radical (unpaired) electrons. The number of aliphatic hydroxyl groups excluding tert-OH is 2. The van der Waals surface area contributed by atoms with Gasteiger partial charge < -0.3 is 15.5 Å². The van der Waals surface area contributed by atoms with Gasteiger partial charge >= 0.3 is 0 Å². The van der Waals surface area contributed by atoms with E-state index >= 15 is 0 Å². The fourth-order valence-electron chi connectivity index (χ4n) is 1.47. The van der Waals surface area contributed by atoms with Gasteiger partial charge in [-0.3, -0.25) is 4.90 Å². The Labute approximate surface area is 86.9 Å². The van der Waals surface area contributed by atoms with Crippen LogP contribution in [0.15, 0.2) is 0 Å². The zero-order valence-electron chi connectivity index (χ0n) is 9.37. The average molecular weight is 204 g/mol. The maximum Gasteiger partial charge on any atom is 0.0558 e. The maximum absolute atomic E-state index is 8.81. The summed E-state index contributed by atoms with van der Waals surface area (Å²) >= 11 is 0. The molecule has 0 aromatic rings. The van der Waals surface area contributed by atoms with Gasteiger partial charge in [-0.2, -0.15) is 0 Å². The molecule has 0 amide bonds. The SMILES string of the molecule is CCNCC(C)CN(CCO)CCO. The largest absolute Gasteiger partial charge is 0.395 e. The van der Waals surface area contributed by atoms with E-state index in [0.717, 1.165) is 19.6 Å². The van der Waals surface area contributed by atoms with Gasteiger partial charge in [0.1, 0.15) is 0 Å². The normalized spacial score (nSPS) is 13.5. The number of nitrogens with one attached hydrogen (secondary N) is 1. The van der Waals surface area contributed by atoms with Gasteiger partial charge in [0.15, 0.2) is 0 Å². The first-order valence-electron chi connectivity index (χ1n) is 5.39. The molecule has 4 heteroatoms. The molecule has 0 rings (SSSR count). The molecule has 0 bridgehead atoms. The van der Waals surface area contributed by atoms with Crippen molar-refractivity contribution >= 4 is 0 Å². The van der Waals surface area contributed by atoms with Gasteiger partial charge in [0.05, 0.1) is 13.2 Å². The molecule has 1 unspecified atom stereocenters. The Morgan fingerprint density at radius 3 is 2.21 bits per heavy atom. The Hall–Kier alpha value is -0.160. The van der Waals surface area contributed by atoms with Crippen molar-refractivity contribution in [3.8, 4) is 0 Å². The zero-order valence-corrected chi connectivity index (χ0v) is 9.37. The van der Waals surface area contributed by atoms with E-state index in [1.165, 1.54) is 0 Å². The van der Waals surface area contributed by atoms with Crippen molar-refractivity contribution < 1.29 is 10.2 Å². The van der Waals surface area contributed by atoms with Gasteiger partial charge in [-0.05, 0) is 19.0 Å². The first-order valence-corrected chi connectivity index (χ1v) is 5.39. The van der Waals surface area contributed by atoms with Crippen molar-refractivity contribution in [2.24, 2.45) is 5.92 Å². The molecule has 1 atom stereocenters. The summed E-state index contributed by atoms with van der Waals surface area (Å²) in [6.45, 7) is 8.79. The van der Waals surface area contributed by atoms with Gasteiger partial charge in [-0.1, -0.05) is 13.8 Å². The van der Waals surface area contributed by atoms with Crippen LogP contribution in [0.5, 0.6) is 0 Å². The molecule has 86 valence electrons. The molecule has 0 aromatic heterocycles. The minimum absolute atomic E-state index is 0.161. The standard InChI is InChI=1S/C10H24N2O2/c1-3-11-8-10(2)9-12(4-6-13)5-7-14/h10-11,13-14H,3-9H2,1-2H3. The van der Waals surface area contributed by atoms with Crippen molar-refractivity contribution in [3.63, 3.8) is 0 Å². The fraction of sp³-hybridized carbons (Fsp3) is 1.00. The van der Waals surface area contributed by atoms with Crippen LogP contribution in [0.25, 0.3) is 0 Å². The third-order valence-electron chi connectivity index (χ3n) is 2.15. The van der Waals surface area contributed by atoms with Crippen LogP contribution >= 0.6 is 0 Å². The Morgan fingerprint density at radius 2 is 1.79 bits per heavy atom. The van der Waals surface area contributed by atoms with E-state index in [9.17, 15) is 0 Å². The van der Waals surface area contributed by atoms with Crippen molar-refractivity contribution in [1.82, 2.24) is 10.2 Å². The van der Waals surface area contributed by atoms with Gasteiger partial charge in [0.25, 0.3) is 0 Å². The predicted molar refractivity (Wildman–Crippen MR) is 58.3 cm³/mol. The van der Waals surface area contributed by atoms with Crippen LogP contribution in [0.1, 0.15) is 13.8 Å². The summed E-state index contributed by atoms with van der Waals surface area (Å²) in [4.78, 5) is 2.09. The van der Waals surface area contributed by atoms with Crippen molar-refractivity contribution in [1.29, 1.82) is 0 Å². The average Bonchev–Trinajstić information content (AvgIpc) is 2.15. The van der Waals surface area contributed by atoms with Crippen LogP contribution in [0, 0.1) is 5.92 Å². The lowest BCUT2D eigenvalue weighted by atomic mass is 10.1. The summed E-state index contributed by atoms with van der Waals surface area (Å²) in [6, 6.07) is 0. The van der Waals surface area contributed by atoms with E-state index in [0.29, 0.717) is 19.0 Å². The van der Waals surface area contributed by atoms with Crippen LogP contribution in [0.4, 0.5) is 0 Å². The van der Waals surface area contributed by atoms with Crippen LogP contribution in [0.3, 0.4) is 0 Å². The number of hydrogen-bond donors (Lipinski definition) is 3. The third-order valence-corrected chi connectivity index (χ3v) is 2.15. The molecular formula is C10H24N2O2. The van der Waals surface area contributed by atoms with Crippen molar-refractivity contribution in [2.75, 3.05) is 45.9 Å². The second kappa shape index (κ2) is 9.40. The minimum Gasteiger partial charge on any atom is -0.395 e. The number of nitrogens with zero attached hydrogens (tertiary/aromatic N) is 1. The van der Waals surface area contributed by atoms with E-state index in [2.05, 4.69) is 24.1 Å². The predicted octanol–water partition coefficient (Wildman–Crippen LogP) is -0.481. The van der Waals surface area contributed by atoms with E-state index in [1.807, 2.05) is 0 Å². The summed E-state index contributed by atoms with van der Waals surface area (Å²) in [5.41, 5.74) is 0. The monoisotopic (exact) mass is 204 g/mol.